The third kappa shape index (κ3) is 5.77. The van der Waals surface area contributed by atoms with Gasteiger partial charge in [0.1, 0.15) is 5.78 Å². The van der Waals surface area contributed by atoms with Crippen molar-refractivity contribution in [1.29, 1.82) is 0 Å². The average molecular weight is 379 g/mol. The van der Waals surface area contributed by atoms with E-state index in [1.54, 1.807) is 0 Å². The lowest BCUT2D eigenvalue weighted by Crippen LogP contribution is -2.36. The van der Waals surface area contributed by atoms with Crippen LogP contribution >= 0.6 is 0 Å². The minimum absolute atomic E-state index is 0.0150. The number of carbonyl (C=O) groups excluding carboxylic acids is 2. The van der Waals surface area contributed by atoms with Crippen LogP contribution in [-0.2, 0) is 4.79 Å². The maximum Gasteiger partial charge on any atom is 0.251 e. The van der Waals surface area contributed by atoms with Gasteiger partial charge in [0.05, 0.1) is 0 Å². The Kier molecular flexibility index (Phi) is 7.38. The molecule has 0 heterocycles. The zero-order valence-corrected chi connectivity index (χ0v) is 16.7. The maximum atomic E-state index is 12.3. The summed E-state index contributed by atoms with van der Waals surface area (Å²) in [6.07, 6.45) is 5.45. The van der Waals surface area contributed by atoms with Crippen LogP contribution in [0, 0.1) is 0 Å². The van der Waals surface area contributed by atoms with E-state index >= 15 is 0 Å². The van der Waals surface area contributed by atoms with Gasteiger partial charge in [-0.15, -0.1) is 0 Å². The Balaban J connectivity index is 1.36. The van der Waals surface area contributed by atoms with Crippen LogP contribution in [0.5, 0.6) is 0 Å². The third-order valence-electron chi connectivity index (χ3n) is 5.61. The van der Waals surface area contributed by atoms with Crippen LogP contribution in [0.2, 0.25) is 0 Å². The Morgan fingerprint density at radius 3 is 2.29 bits per heavy atom. The highest BCUT2D eigenvalue weighted by atomic mass is 16.1. The number of amides is 1. The van der Waals surface area contributed by atoms with Crippen molar-refractivity contribution in [3.63, 3.8) is 0 Å². The number of ketones is 1. The number of hydrogen-bond acceptors (Lipinski definition) is 3. The van der Waals surface area contributed by atoms with E-state index in [9.17, 15) is 9.59 Å². The van der Waals surface area contributed by atoms with Crippen LogP contribution in [0.1, 0.15) is 48.9 Å². The molecule has 1 amide bonds. The maximum absolute atomic E-state index is 12.3. The molecule has 0 radical (unpaired) electrons. The minimum Gasteiger partial charge on any atom is -0.352 e. The number of rotatable bonds is 8. The minimum atomic E-state index is -0.0150. The van der Waals surface area contributed by atoms with Crippen LogP contribution in [0.25, 0.3) is 11.1 Å². The molecule has 1 fully saturated rings. The fourth-order valence-corrected chi connectivity index (χ4v) is 3.78. The second-order valence-electron chi connectivity index (χ2n) is 7.66. The molecule has 3 rings (SSSR count). The van der Waals surface area contributed by atoms with Crippen molar-refractivity contribution in [2.75, 3.05) is 20.1 Å². The highest BCUT2D eigenvalue weighted by Crippen LogP contribution is 2.20. The van der Waals surface area contributed by atoms with Crippen molar-refractivity contribution in [3.8, 4) is 11.1 Å². The molecule has 1 aliphatic carbocycles. The highest BCUT2D eigenvalue weighted by Gasteiger charge is 2.21. The van der Waals surface area contributed by atoms with Gasteiger partial charge >= 0.3 is 0 Å². The Morgan fingerprint density at radius 1 is 0.964 bits per heavy atom. The third-order valence-corrected chi connectivity index (χ3v) is 5.61. The summed E-state index contributed by atoms with van der Waals surface area (Å²) in [4.78, 5) is 26.0. The van der Waals surface area contributed by atoms with Crippen molar-refractivity contribution in [2.24, 2.45) is 0 Å². The molecule has 1 saturated carbocycles. The molecular weight excluding hydrogens is 348 g/mol. The molecule has 0 spiro atoms. The van der Waals surface area contributed by atoms with E-state index in [1.165, 1.54) is 0 Å². The quantitative estimate of drug-likeness (QED) is 0.697. The number of Topliss-reactive ketones (excluding diaryl/α,β-unsaturated/α-hetero) is 1. The smallest absolute Gasteiger partial charge is 0.251 e. The molecule has 0 bridgehead atoms. The molecule has 0 aromatic heterocycles. The summed E-state index contributed by atoms with van der Waals surface area (Å²) in [7, 11) is 2.15. The number of unbranched alkanes of at least 4 members (excludes halogenated alkanes) is 1. The first kappa shape index (κ1) is 20.3. The van der Waals surface area contributed by atoms with Crippen molar-refractivity contribution >= 4 is 11.7 Å². The molecule has 0 atom stereocenters. The van der Waals surface area contributed by atoms with E-state index in [1.807, 2.05) is 42.5 Å². The molecule has 28 heavy (non-hydrogen) atoms. The number of nitrogens with zero attached hydrogens (tertiary/aromatic N) is 1. The summed E-state index contributed by atoms with van der Waals surface area (Å²) < 4.78 is 0. The number of benzene rings is 2. The second-order valence-corrected chi connectivity index (χ2v) is 7.66. The van der Waals surface area contributed by atoms with E-state index in [0.717, 1.165) is 56.2 Å². The average Bonchev–Trinajstić information content (AvgIpc) is 2.74. The number of carbonyl (C=O) groups is 2. The summed E-state index contributed by atoms with van der Waals surface area (Å²) in [5, 5.41) is 3.02. The molecule has 1 aliphatic rings. The zero-order valence-electron chi connectivity index (χ0n) is 16.7. The summed E-state index contributed by atoms with van der Waals surface area (Å²) in [6.45, 7) is 1.71. The van der Waals surface area contributed by atoms with E-state index < -0.39 is 0 Å². The van der Waals surface area contributed by atoms with Crippen LogP contribution in [0.15, 0.2) is 54.6 Å². The van der Waals surface area contributed by atoms with Gasteiger partial charge in [-0.25, -0.2) is 0 Å². The van der Waals surface area contributed by atoms with E-state index in [0.29, 0.717) is 23.9 Å². The largest absolute Gasteiger partial charge is 0.352 e. The molecule has 2 aromatic carbocycles. The first-order valence-corrected chi connectivity index (χ1v) is 10.3. The van der Waals surface area contributed by atoms with Gasteiger partial charge in [-0.1, -0.05) is 42.5 Å². The fraction of sp³-hybridized carbons (Fsp3) is 0.417. The van der Waals surface area contributed by atoms with E-state index in [2.05, 4.69) is 29.4 Å². The zero-order chi connectivity index (χ0) is 19.8. The first-order chi connectivity index (χ1) is 13.6. The van der Waals surface area contributed by atoms with Gasteiger partial charge in [0.2, 0.25) is 0 Å². The van der Waals surface area contributed by atoms with Crippen LogP contribution in [-0.4, -0.2) is 42.8 Å². The van der Waals surface area contributed by atoms with Gasteiger partial charge in [0, 0.05) is 31.0 Å². The Labute approximate surface area is 167 Å². The van der Waals surface area contributed by atoms with Crippen LogP contribution in [0.3, 0.4) is 0 Å². The van der Waals surface area contributed by atoms with Crippen LogP contribution in [0.4, 0.5) is 0 Å². The van der Waals surface area contributed by atoms with Gasteiger partial charge in [-0.05, 0) is 62.5 Å². The van der Waals surface area contributed by atoms with Gasteiger partial charge < -0.3 is 10.2 Å². The van der Waals surface area contributed by atoms with E-state index in [4.69, 9.17) is 0 Å². The Morgan fingerprint density at radius 2 is 1.61 bits per heavy atom. The number of nitrogens with one attached hydrogen (secondary N) is 1. The summed E-state index contributed by atoms with van der Waals surface area (Å²) in [5.41, 5.74) is 2.97. The van der Waals surface area contributed by atoms with E-state index in [-0.39, 0.29) is 5.91 Å². The topological polar surface area (TPSA) is 49.4 Å². The molecule has 4 nitrogen and oxygen atoms in total. The molecular formula is C24H30N2O2. The van der Waals surface area contributed by atoms with Gasteiger partial charge in [0.15, 0.2) is 0 Å². The lowest BCUT2D eigenvalue weighted by molar-refractivity contribution is -0.121. The van der Waals surface area contributed by atoms with Crippen molar-refractivity contribution in [2.45, 2.75) is 44.6 Å². The number of hydrogen-bond donors (Lipinski definition) is 1. The molecule has 4 heteroatoms. The van der Waals surface area contributed by atoms with Crippen molar-refractivity contribution < 1.29 is 9.59 Å². The van der Waals surface area contributed by atoms with Crippen LogP contribution < -0.4 is 5.32 Å². The predicted octanol–water partition coefficient (Wildman–Crippen LogP) is 4.31. The molecule has 0 saturated heterocycles. The molecule has 0 unspecified atom stereocenters. The SMILES string of the molecule is CN(CCCCNC(=O)c1ccc(-c2ccccc2)cc1)C1CCC(=O)CC1. The first-order valence-electron chi connectivity index (χ1n) is 10.3. The summed E-state index contributed by atoms with van der Waals surface area (Å²) in [5.74, 6) is 0.392. The fourth-order valence-electron chi connectivity index (χ4n) is 3.78. The van der Waals surface area contributed by atoms with Gasteiger partial charge in [-0.3, -0.25) is 9.59 Å². The van der Waals surface area contributed by atoms with Gasteiger partial charge in [-0.2, -0.15) is 0 Å². The second kappa shape index (κ2) is 10.2. The lowest BCUT2D eigenvalue weighted by atomic mass is 9.93. The van der Waals surface area contributed by atoms with Crippen molar-refractivity contribution in [3.05, 3.63) is 60.2 Å². The van der Waals surface area contributed by atoms with Crippen molar-refractivity contribution in [1.82, 2.24) is 10.2 Å². The lowest BCUT2D eigenvalue weighted by Gasteiger charge is -2.30. The monoisotopic (exact) mass is 378 g/mol. The highest BCUT2D eigenvalue weighted by molar-refractivity contribution is 5.94. The predicted molar refractivity (Wildman–Crippen MR) is 113 cm³/mol. The standard InChI is InChI=1S/C24H30N2O2/c1-26(22-13-15-23(27)16-14-22)18-6-5-17-25-24(28)21-11-9-20(10-12-21)19-7-3-2-4-8-19/h2-4,7-12,22H,5-6,13-18H2,1H3,(H,25,28). The summed E-state index contributed by atoms with van der Waals surface area (Å²) >= 11 is 0. The Bertz CT molecular complexity index is 761. The molecule has 1 N–H and O–H groups in total. The molecule has 2 aromatic rings. The molecule has 0 aliphatic heterocycles. The molecule has 148 valence electrons. The Hall–Kier alpha value is -2.46. The summed E-state index contributed by atoms with van der Waals surface area (Å²) in [6, 6.07) is 18.5. The van der Waals surface area contributed by atoms with Gasteiger partial charge in [0.25, 0.3) is 5.91 Å². The normalized spacial score (nSPS) is 15.0.